The van der Waals surface area contributed by atoms with Gasteiger partial charge in [0.05, 0.1) is 39.6 Å². The van der Waals surface area contributed by atoms with E-state index < -0.39 is 0 Å². The fraction of sp³-hybridized carbons (Fsp3) is 1.00. The molecule has 0 heterocycles. The molecule has 0 saturated heterocycles. The molecular weight excluding hydrogens is 312 g/mol. The molecule has 0 spiro atoms. The summed E-state index contributed by atoms with van der Waals surface area (Å²) in [6, 6.07) is 0. The Bertz CT molecular complexity index is 185. The van der Waals surface area contributed by atoms with Crippen LogP contribution in [0.5, 0.6) is 0 Å². The standard InChI is InChI=1S/C18H38O4S/c1-23-18-10-8-6-4-2-3-5-7-9-12-20-14-16-22-17-15-21-13-11-19/h19H,2-18H2,1H3. The lowest BCUT2D eigenvalue weighted by Crippen LogP contribution is -2.11. The number of hydrogen-bond donors (Lipinski definition) is 1. The van der Waals surface area contributed by atoms with Crippen molar-refractivity contribution in [3.8, 4) is 0 Å². The Morgan fingerprint density at radius 2 is 1.00 bits per heavy atom. The minimum absolute atomic E-state index is 0.0707. The fourth-order valence-electron chi connectivity index (χ4n) is 2.29. The highest BCUT2D eigenvalue weighted by Gasteiger charge is 1.94. The lowest BCUT2D eigenvalue weighted by atomic mass is 10.1. The van der Waals surface area contributed by atoms with Gasteiger partial charge in [-0.1, -0.05) is 44.9 Å². The van der Waals surface area contributed by atoms with Crippen molar-refractivity contribution in [2.24, 2.45) is 0 Å². The van der Waals surface area contributed by atoms with Gasteiger partial charge < -0.3 is 19.3 Å². The number of hydrogen-bond acceptors (Lipinski definition) is 5. The molecule has 0 aromatic heterocycles. The molecule has 5 heteroatoms. The maximum absolute atomic E-state index is 8.52. The van der Waals surface area contributed by atoms with E-state index >= 15 is 0 Å². The van der Waals surface area contributed by atoms with Gasteiger partial charge in [-0.25, -0.2) is 0 Å². The monoisotopic (exact) mass is 350 g/mol. The van der Waals surface area contributed by atoms with E-state index in [0.717, 1.165) is 13.0 Å². The topological polar surface area (TPSA) is 47.9 Å². The minimum atomic E-state index is 0.0707. The first kappa shape index (κ1) is 23.2. The van der Waals surface area contributed by atoms with E-state index in [4.69, 9.17) is 19.3 Å². The molecule has 0 radical (unpaired) electrons. The SMILES string of the molecule is CSCCCCCCCCCCCOCCOCCOCCO. The summed E-state index contributed by atoms with van der Waals surface area (Å²) in [4.78, 5) is 0. The van der Waals surface area contributed by atoms with Gasteiger partial charge in [0.25, 0.3) is 0 Å². The lowest BCUT2D eigenvalue weighted by molar-refractivity contribution is 0.00719. The largest absolute Gasteiger partial charge is 0.394 e. The summed E-state index contributed by atoms with van der Waals surface area (Å²) in [6.45, 7) is 3.70. The summed E-state index contributed by atoms with van der Waals surface area (Å²) in [6.07, 6.45) is 14.3. The predicted octanol–water partition coefficient (Wildman–Crippen LogP) is 3.90. The summed E-state index contributed by atoms with van der Waals surface area (Å²) in [7, 11) is 0. The average molecular weight is 351 g/mol. The second-order valence-corrected chi connectivity index (χ2v) is 6.72. The normalized spacial score (nSPS) is 11.2. The van der Waals surface area contributed by atoms with Gasteiger partial charge in [0.2, 0.25) is 0 Å². The number of ether oxygens (including phenoxy) is 3. The maximum atomic E-state index is 8.52. The van der Waals surface area contributed by atoms with Crippen LogP contribution in [0.15, 0.2) is 0 Å². The highest BCUT2D eigenvalue weighted by Crippen LogP contribution is 2.10. The maximum Gasteiger partial charge on any atom is 0.0701 e. The van der Waals surface area contributed by atoms with Crippen LogP contribution in [-0.2, 0) is 14.2 Å². The third-order valence-corrected chi connectivity index (χ3v) is 4.31. The van der Waals surface area contributed by atoms with Crippen molar-refractivity contribution in [3.05, 3.63) is 0 Å². The Balaban J connectivity index is 2.92. The van der Waals surface area contributed by atoms with E-state index in [1.54, 1.807) is 0 Å². The average Bonchev–Trinajstić information content (AvgIpc) is 2.57. The van der Waals surface area contributed by atoms with Crippen LogP contribution in [0.1, 0.15) is 57.8 Å². The molecule has 0 aromatic rings. The van der Waals surface area contributed by atoms with Crippen LogP contribution in [0.25, 0.3) is 0 Å². The van der Waals surface area contributed by atoms with Gasteiger partial charge in [0.15, 0.2) is 0 Å². The zero-order chi connectivity index (χ0) is 16.8. The van der Waals surface area contributed by atoms with Gasteiger partial charge in [0, 0.05) is 6.61 Å². The molecule has 0 amide bonds. The molecule has 140 valence electrons. The predicted molar refractivity (Wildman–Crippen MR) is 99.5 cm³/mol. The Morgan fingerprint density at radius 3 is 1.52 bits per heavy atom. The summed E-state index contributed by atoms with van der Waals surface area (Å²) < 4.78 is 16.0. The molecule has 0 atom stereocenters. The van der Waals surface area contributed by atoms with Gasteiger partial charge in [-0.15, -0.1) is 0 Å². The smallest absolute Gasteiger partial charge is 0.0701 e. The molecule has 0 aliphatic carbocycles. The molecule has 0 aromatic carbocycles. The zero-order valence-corrected chi connectivity index (χ0v) is 15.9. The van der Waals surface area contributed by atoms with Crippen molar-refractivity contribution in [3.63, 3.8) is 0 Å². The van der Waals surface area contributed by atoms with Crippen molar-refractivity contribution in [1.29, 1.82) is 0 Å². The quantitative estimate of drug-likeness (QED) is 0.337. The molecular formula is C18H38O4S. The van der Waals surface area contributed by atoms with Crippen LogP contribution in [0.4, 0.5) is 0 Å². The van der Waals surface area contributed by atoms with Crippen molar-refractivity contribution < 1.29 is 19.3 Å². The van der Waals surface area contributed by atoms with Gasteiger partial charge in [0.1, 0.15) is 0 Å². The molecule has 4 nitrogen and oxygen atoms in total. The van der Waals surface area contributed by atoms with Crippen molar-refractivity contribution >= 4 is 11.8 Å². The van der Waals surface area contributed by atoms with E-state index in [1.165, 1.54) is 57.1 Å². The summed E-state index contributed by atoms with van der Waals surface area (Å²) in [5.74, 6) is 1.32. The summed E-state index contributed by atoms with van der Waals surface area (Å²) in [5, 5.41) is 8.52. The molecule has 0 aliphatic heterocycles. The number of thioether (sulfide) groups is 1. The van der Waals surface area contributed by atoms with Crippen LogP contribution < -0.4 is 0 Å². The van der Waals surface area contributed by atoms with E-state index in [-0.39, 0.29) is 6.61 Å². The van der Waals surface area contributed by atoms with E-state index in [9.17, 15) is 0 Å². The zero-order valence-electron chi connectivity index (χ0n) is 15.1. The van der Waals surface area contributed by atoms with Gasteiger partial charge >= 0.3 is 0 Å². The summed E-state index contributed by atoms with van der Waals surface area (Å²) >= 11 is 1.96. The van der Waals surface area contributed by atoms with Crippen LogP contribution in [-0.4, -0.2) is 63.4 Å². The van der Waals surface area contributed by atoms with E-state index in [2.05, 4.69) is 6.26 Å². The highest BCUT2D eigenvalue weighted by atomic mass is 32.2. The Hall–Kier alpha value is 0.190. The first-order valence-electron chi connectivity index (χ1n) is 9.25. The van der Waals surface area contributed by atoms with Gasteiger partial charge in [-0.05, 0) is 24.9 Å². The number of unbranched alkanes of at least 4 members (excludes halogenated alkanes) is 8. The molecule has 0 bridgehead atoms. The van der Waals surface area contributed by atoms with Crippen molar-refractivity contribution in [1.82, 2.24) is 0 Å². The fourth-order valence-corrected chi connectivity index (χ4v) is 2.79. The van der Waals surface area contributed by atoms with Gasteiger partial charge in [-0.2, -0.15) is 11.8 Å². The van der Waals surface area contributed by atoms with Crippen LogP contribution >= 0.6 is 11.8 Å². The number of aliphatic hydroxyl groups excluding tert-OH is 1. The second-order valence-electron chi connectivity index (χ2n) is 5.74. The molecule has 0 saturated carbocycles. The van der Waals surface area contributed by atoms with Crippen LogP contribution in [0, 0.1) is 0 Å². The minimum Gasteiger partial charge on any atom is -0.394 e. The lowest BCUT2D eigenvalue weighted by Gasteiger charge is -2.06. The van der Waals surface area contributed by atoms with Crippen molar-refractivity contribution in [2.75, 3.05) is 58.3 Å². The third-order valence-electron chi connectivity index (χ3n) is 3.62. The Kier molecular flexibility index (Phi) is 22.4. The summed E-state index contributed by atoms with van der Waals surface area (Å²) in [5.41, 5.74) is 0. The molecule has 0 aliphatic rings. The Morgan fingerprint density at radius 1 is 0.565 bits per heavy atom. The van der Waals surface area contributed by atoms with Crippen LogP contribution in [0.2, 0.25) is 0 Å². The van der Waals surface area contributed by atoms with E-state index in [1.807, 2.05) is 11.8 Å². The third kappa shape index (κ3) is 22.2. The molecule has 0 rings (SSSR count). The first-order chi connectivity index (χ1) is 11.4. The Labute approximate surface area is 147 Å². The van der Waals surface area contributed by atoms with Crippen LogP contribution in [0.3, 0.4) is 0 Å². The molecule has 23 heavy (non-hydrogen) atoms. The molecule has 0 fully saturated rings. The molecule has 0 unspecified atom stereocenters. The number of rotatable bonds is 20. The van der Waals surface area contributed by atoms with Gasteiger partial charge in [-0.3, -0.25) is 0 Å². The number of aliphatic hydroxyl groups is 1. The second kappa shape index (κ2) is 22.2. The van der Waals surface area contributed by atoms with E-state index in [0.29, 0.717) is 33.0 Å². The first-order valence-corrected chi connectivity index (χ1v) is 10.6. The van der Waals surface area contributed by atoms with Crippen molar-refractivity contribution in [2.45, 2.75) is 57.8 Å². The molecule has 1 N–H and O–H groups in total. The highest BCUT2D eigenvalue weighted by molar-refractivity contribution is 7.98.